The fraction of sp³-hybridized carbons (Fsp3) is 0.120. The van der Waals surface area contributed by atoms with Gasteiger partial charge >= 0.3 is 5.91 Å². The van der Waals surface area contributed by atoms with Crippen LogP contribution in [0.5, 0.6) is 11.5 Å². The summed E-state index contributed by atoms with van der Waals surface area (Å²) in [4.78, 5) is 39.2. The van der Waals surface area contributed by atoms with Crippen molar-refractivity contribution in [3.63, 3.8) is 0 Å². The topological polar surface area (TPSA) is 129 Å². The van der Waals surface area contributed by atoms with Gasteiger partial charge in [0.05, 0.1) is 29.3 Å². The molecule has 5 rings (SSSR count). The molecule has 2 aromatic carbocycles. The number of nitrogens with one attached hydrogen (secondary N) is 1. The number of hydrogen-bond donors (Lipinski definition) is 3. The SMILES string of the molecule is CCOc1cc(C2/C(=C(\O)c3ccncc3)C(=O)C(=O)N2c2nc3ccccc3[nH]2)ccc1O. The Morgan fingerprint density at radius 3 is 2.62 bits per heavy atom. The highest BCUT2D eigenvalue weighted by molar-refractivity contribution is 6.51. The van der Waals surface area contributed by atoms with Gasteiger partial charge in [-0.2, -0.15) is 0 Å². The fourth-order valence-electron chi connectivity index (χ4n) is 4.06. The Hall–Kier alpha value is -4.66. The molecule has 4 aromatic rings. The van der Waals surface area contributed by atoms with Gasteiger partial charge in [0.2, 0.25) is 5.95 Å². The standard InChI is InChI=1S/C25H20N4O5/c1-2-34-19-13-15(7-8-18(19)30)21-20(22(31)14-9-11-26-12-10-14)23(32)24(33)29(21)25-27-16-5-3-4-6-17(16)28-25/h3-13,21,30-31H,2H2,1H3,(H,27,28)/b22-20+. The number of hydrogen-bond acceptors (Lipinski definition) is 7. The van der Waals surface area contributed by atoms with Gasteiger partial charge in [0.1, 0.15) is 5.76 Å². The molecule has 1 aliphatic rings. The summed E-state index contributed by atoms with van der Waals surface area (Å²) < 4.78 is 5.51. The van der Waals surface area contributed by atoms with Crippen molar-refractivity contribution in [2.24, 2.45) is 0 Å². The van der Waals surface area contributed by atoms with Crippen molar-refractivity contribution in [2.45, 2.75) is 13.0 Å². The molecule has 9 nitrogen and oxygen atoms in total. The lowest BCUT2D eigenvalue weighted by atomic mass is 9.95. The minimum atomic E-state index is -1.02. The maximum atomic E-state index is 13.3. The molecular formula is C25H20N4O5. The van der Waals surface area contributed by atoms with Crippen LogP contribution in [0.3, 0.4) is 0 Å². The van der Waals surface area contributed by atoms with Crippen molar-refractivity contribution in [3.05, 3.63) is 83.7 Å². The smallest absolute Gasteiger partial charge is 0.302 e. The minimum absolute atomic E-state index is 0.0829. The van der Waals surface area contributed by atoms with Gasteiger partial charge < -0.3 is 19.9 Å². The third-order valence-corrected chi connectivity index (χ3v) is 5.60. The van der Waals surface area contributed by atoms with Crippen LogP contribution in [0.2, 0.25) is 0 Å². The number of H-pyrrole nitrogens is 1. The number of aromatic amines is 1. The molecule has 0 saturated carbocycles. The van der Waals surface area contributed by atoms with Crippen LogP contribution < -0.4 is 9.64 Å². The number of nitrogens with zero attached hydrogens (tertiary/aromatic N) is 3. The van der Waals surface area contributed by atoms with Crippen LogP contribution in [-0.4, -0.2) is 43.5 Å². The molecule has 1 fully saturated rings. The average molecular weight is 456 g/mol. The second-order valence-corrected chi connectivity index (χ2v) is 7.64. The lowest BCUT2D eigenvalue weighted by molar-refractivity contribution is -0.132. The molecule has 1 amide bonds. The number of carbonyl (C=O) groups excluding carboxylic acids is 2. The van der Waals surface area contributed by atoms with Crippen LogP contribution in [0, 0.1) is 0 Å². The first kappa shape index (κ1) is 21.2. The summed E-state index contributed by atoms with van der Waals surface area (Å²) in [5, 5.41) is 21.3. The summed E-state index contributed by atoms with van der Waals surface area (Å²) >= 11 is 0. The number of ether oxygens (including phenoxy) is 1. The molecule has 0 radical (unpaired) electrons. The molecule has 0 bridgehead atoms. The summed E-state index contributed by atoms with van der Waals surface area (Å²) in [6, 6.07) is 13.8. The summed E-state index contributed by atoms with van der Waals surface area (Å²) in [7, 11) is 0. The maximum absolute atomic E-state index is 13.3. The molecule has 34 heavy (non-hydrogen) atoms. The van der Waals surface area contributed by atoms with Crippen LogP contribution in [0.15, 0.2) is 72.6 Å². The first-order valence-electron chi connectivity index (χ1n) is 10.6. The fourth-order valence-corrected chi connectivity index (χ4v) is 4.06. The van der Waals surface area contributed by atoms with Crippen molar-refractivity contribution in [1.82, 2.24) is 15.0 Å². The molecule has 9 heteroatoms. The number of phenols is 1. The lowest BCUT2D eigenvalue weighted by Crippen LogP contribution is -2.30. The van der Waals surface area contributed by atoms with Crippen molar-refractivity contribution in [2.75, 3.05) is 11.5 Å². The van der Waals surface area contributed by atoms with E-state index in [9.17, 15) is 19.8 Å². The van der Waals surface area contributed by atoms with Gasteiger partial charge in [-0.3, -0.25) is 19.5 Å². The zero-order chi connectivity index (χ0) is 23.8. The van der Waals surface area contributed by atoms with Crippen LogP contribution in [0.4, 0.5) is 5.95 Å². The molecule has 1 saturated heterocycles. The van der Waals surface area contributed by atoms with E-state index in [0.717, 1.165) is 0 Å². The number of aliphatic hydroxyl groups excluding tert-OH is 1. The number of amides is 1. The molecule has 170 valence electrons. The Bertz CT molecular complexity index is 1410. The molecule has 1 atom stereocenters. The van der Waals surface area contributed by atoms with E-state index in [0.29, 0.717) is 28.8 Å². The third-order valence-electron chi connectivity index (χ3n) is 5.60. The van der Waals surface area contributed by atoms with Crippen LogP contribution >= 0.6 is 0 Å². The zero-order valence-corrected chi connectivity index (χ0v) is 18.1. The molecule has 1 unspecified atom stereocenters. The molecule has 3 heterocycles. The Morgan fingerprint density at radius 1 is 1.12 bits per heavy atom. The highest BCUT2D eigenvalue weighted by Crippen LogP contribution is 2.43. The number of pyridine rings is 1. The molecular weight excluding hydrogens is 436 g/mol. The number of phenolic OH excluding ortho intramolecular Hbond substituents is 1. The van der Waals surface area contributed by atoms with E-state index in [4.69, 9.17) is 4.74 Å². The van der Waals surface area contributed by atoms with Crippen LogP contribution in [0.25, 0.3) is 16.8 Å². The molecule has 3 N–H and O–H groups in total. The number of para-hydroxylation sites is 2. The first-order chi connectivity index (χ1) is 16.5. The van der Waals surface area contributed by atoms with Crippen LogP contribution in [-0.2, 0) is 9.59 Å². The van der Waals surface area contributed by atoms with E-state index in [1.807, 2.05) is 18.2 Å². The minimum Gasteiger partial charge on any atom is -0.507 e. The summed E-state index contributed by atoms with van der Waals surface area (Å²) in [6.45, 7) is 2.08. The second kappa shape index (κ2) is 8.36. The number of benzene rings is 2. The average Bonchev–Trinajstić information content (AvgIpc) is 3.39. The van der Waals surface area contributed by atoms with Gasteiger partial charge in [0.25, 0.3) is 5.78 Å². The summed E-state index contributed by atoms with van der Waals surface area (Å²) in [5.74, 6) is -1.76. The van der Waals surface area contributed by atoms with E-state index in [-0.39, 0.29) is 28.8 Å². The second-order valence-electron chi connectivity index (χ2n) is 7.64. The van der Waals surface area contributed by atoms with Gasteiger partial charge in [-0.05, 0) is 48.9 Å². The largest absolute Gasteiger partial charge is 0.507 e. The van der Waals surface area contributed by atoms with Gasteiger partial charge in [0, 0.05) is 18.0 Å². The van der Waals surface area contributed by atoms with Crippen molar-refractivity contribution in [1.29, 1.82) is 0 Å². The number of ketones is 1. The molecule has 0 spiro atoms. The van der Waals surface area contributed by atoms with Crippen molar-refractivity contribution in [3.8, 4) is 11.5 Å². The Kier molecular flexibility index (Phi) is 5.21. The lowest BCUT2D eigenvalue weighted by Gasteiger charge is -2.23. The summed E-state index contributed by atoms with van der Waals surface area (Å²) in [6.07, 6.45) is 2.96. The number of aliphatic hydroxyl groups is 1. The van der Waals surface area contributed by atoms with Gasteiger partial charge in [-0.15, -0.1) is 0 Å². The Balaban J connectivity index is 1.74. The van der Waals surface area contributed by atoms with Gasteiger partial charge in [-0.1, -0.05) is 18.2 Å². The number of imidazole rings is 1. The Morgan fingerprint density at radius 2 is 1.88 bits per heavy atom. The predicted molar refractivity (Wildman–Crippen MR) is 124 cm³/mol. The maximum Gasteiger partial charge on any atom is 0.302 e. The summed E-state index contributed by atoms with van der Waals surface area (Å²) in [5.41, 5.74) is 1.99. The van der Waals surface area contributed by atoms with E-state index < -0.39 is 17.7 Å². The van der Waals surface area contributed by atoms with E-state index >= 15 is 0 Å². The van der Waals surface area contributed by atoms with Crippen LogP contribution in [0.1, 0.15) is 24.1 Å². The quantitative estimate of drug-likeness (QED) is 0.237. The first-order valence-corrected chi connectivity index (χ1v) is 10.6. The Labute approximate surface area is 194 Å². The highest BCUT2D eigenvalue weighted by Gasteiger charge is 2.48. The van der Waals surface area contributed by atoms with E-state index in [1.165, 1.54) is 23.4 Å². The number of anilines is 1. The number of fused-ring (bicyclic) bond motifs is 1. The third kappa shape index (κ3) is 3.43. The zero-order valence-electron chi connectivity index (χ0n) is 18.1. The molecule has 1 aliphatic heterocycles. The number of Topliss-reactive ketones (excluding diaryl/α,β-unsaturated/α-hetero) is 1. The molecule has 2 aromatic heterocycles. The number of aromatic hydroxyl groups is 1. The number of rotatable bonds is 5. The van der Waals surface area contributed by atoms with Crippen molar-refractivity contribution < 1.29 is 24.5 Å². The van der Waals surface area contributed by atoms with E-state index in [2.05, 4.69) is 15.0 Å². The monoisotopic (exact) mass is 456 g/mol. The predicted octanol–water partition coefficient (Wildman–Crippen LogP) is 3.69. The number of carbonyl (C=O) groups is 2. The van der Waals surface area contributed by atoms with E-state index in [1.54, 1.807) is 37.3 Å². The molecule has 0 aliphatic carbocycles. The van der Waals surface area contributed by atoms with Crippen molar-refractivity contribution >= 4 is 34.4 Å². The van der Waals surface area contributed by atoms with Gasteiger partial charge in [0.15, 0.2) is 11.5 Å². The highest BCUT2D eigenvalue weighted by atomic mass is 16.5. The van der Waals surface area contributed by atoms with Gasteiger partial charge in [-0.25, -0.2) is 4.98 Å². The normalized spacial score (nSPS) is 17.4. The number of aromatic nitrogens is 3.